The Kier molecular flexibility index (Phi) is 6.07. The average molecular weight is 434 g/mol. The number of rotatable bonds is 3. The van der Waals surface area contributed by atoms with Crippen LogP contribution in [0, 0.1) is 0 Å². The molecule has 3 aromatic rings. The summed E-state index contributed by atoms with van der Waals surface area (Å²) in [5, 5.41) is 7.75. The van der Waals surface area contributed by atoms with Gasteiger partial charge in [-0.1, -0.05) is 54.1 Å². The van der Waals surface area contributed by atoms with E-state index >= 15 is 0 Å². The summed E-state index contributed by atoms with van der Waals surface area (Å²) in [6.45, 7) is 1.66. The first-order valence-electron chi connectivity index (χ1n) is 8.67. The summed E-state index contributed by atoms with van der Waals surface area (Å²) in [7, 11) is 0. The minimum absolute atomic E-state index is 0.139. The number of carbonyl (C=O) groups is 2. The fourth-order valence-corrected chi connectivity index (χ4v) is 2.93. The van der Waals surface area contributed by atoms with Crippen LogP contribution < -0.4 is 10.7 Å². The summed E-state index contributed by atoms with van der Waals surface area (Å²) in [5.74, 6) is -2.35. The first-order valence-corrected chi connectivity index (χ1v) is 9.05. The van der Waals surface area contributed by atoms with Crippen molar-refractivity contribution in [3.05, 3.63) is 76.8 Å². The van der Waals surface area contributed by atoms with E-state index in [0.29, 0.717) is 11.8 Å². The zero-order valence-electron chi connectivity index (χ0n) is 15.5. The molecule has 0 radical (unpaired) electrons. The highest BCUT2D eigenvalue weighted by atomic mass is 35.5. The Morgan fingerprint density at radius 2 is 1.67 bits per heavy atom. The fourth-order valence-electron chi connectivity index (χ4n) is 2.76. The van der Waals surface area contributed by atoms with Crippen LogP contribution in [0.2, 0.25) is 5.02 Å². The third-order valence-corrected chi connectivity index (χ3v) is 4.58. The lowest BCUT2D eigenvalue weighted by atomic mass is 10.0. The van der Waals surface area contributed by atoms with Crippen LogP contribution in [0.25, 0.3) is 10.8 Å². The van der Waals surface area contributed by atoms with Gasteiger partial charge in [-0.25, -0.2) is 5.43 Å². The molecular weight excluding hydrogens is 419 g/mol. The molecule has 0 unspecified atom stereocenters. The SMILES string of the molecule is CC(=NNC(=O)C(=O)Nc1cc(C(F)(F)F)ccc1Cl)c1cccc2ccccc12. The Morgan fingerprint density at radius 3 is 2.40 bits per heavy atom. The number of carbonyl (C=O) groups excluding carboxylic acids is 2. The second-order valence-electron chi connectivity index (χ2n) is 6.31. The van der Waals surface area contributed by atoms with Crippen LogP contribution in [-0.4, -0.2) is 17.5 Å². The minimum Gasteiger partial charge on any atom is -0.316 e. The molecule has 154 valence electrons. The highest BCUT2D eigenvalue weighted by Gasteiger charge is 2.31. The number of hydrogen-bond donors (Lipinski definition) is 2. The van der Waals surface area contributed by atoms with Crippen LogP contribution >= 0.6 is 11.6 Å². The monoisotopic (exact) mass is 433 g/mol. The van der Waals surface area contributed by atoms with Gasteiger partial charge in [0, 0.05) is 5.56 Å². The number of nitrogens with zero attached hydrogens (tertiary/aromatic N) is 1. The molecule has 9 heteroatoms. The van der Waals surface area contributed by atoms with Crippen molar-refractivity contribution in [3.8, 4) is 0 Å². The summed E-state index contributed by atoms with van der Waals surface area (Å²) >= 11 is 5.82. The predicted molar refractivity (Wildman–Crippen MR) is 109 cm³/mol. The number of benzene rings is 3. The van der Waals surface area contributed by atoms with Crippen molar-refractivity contribution in [2.75, 3.05) is 5.32 Å². The smallest absolute Gasteiger partial charge is 0.316 e. The maximum Gasteiger partial charge on any atom is 0.416 e. The Bertz CT molecular complexity index is 1150. The molecule has 0 heterocycles. The van der Waals surface area contributed by atoms with Gasteiger partial charge in [-0.3, -0.25) is 9.59 Å². The zero-order chi connectivity index (χ0) is 21.9. The van der Waals surface area contributed by atoms with E-state index in [1.54, 1.807) is 6.92 Å². The van der Waals surface area contributed by atoms with Crippen LogP contribution in [0.4, 0.5) is 18.9 Å². The number of alkyl halides is 3. The second kappa shape index (κ2) is 8.54. The number of hydrazone groups is 1. The normalized spacial score (nSPS) is 12.0. The number of halogens is 4. The van der Waals surface area contributed by atoms with Crippen LogP contribution in [0.15, 0.2) is 65.8 Å². The molecule has 0 aliphatic carbocycles. The molecule has 0 atom stereocenters. The van der Waals surface area contributed by atoms with Crippen molar-refractivity contribution < 1.29 is 22.8 Å². The molecule has 0 bridgehead atoms. The van der Waals surface area contributed by atoms with E-state index in [0.717, 1.165) is 28.5 Å². The second-order valence-corrected chi connectivity index (χ2v) is 6.72. The van der Waals surface area contributed by atoms with Gasteiger partial charge in [-0.2, -0.15) is 18.3 Å². The standard InChI is InChI=1S/C21H15ClF3N3O2/c1-12(15-8-4-6-13-5-2-3-7-16(13)15)27-28-20(30)19(29)26-18-11-14(21(23,24)25)9-10-17(18)22/h2-11H,1H3,(H,26,29)(H,28,30). The molecule has 0 fully saturated rings. The first kappa shape index (κ1) is 21.3. The molecule has 0 spiro atoms. The minimum atomic E-state index is -4.62. The van der Waals surface area contributed by atoms with Gasteiger partial charge < -0.3 is 5.32 Å². The van der Waals surface area contributed by atoms with Gasteiger partial charge in [0.15, 0.2) is 0 Å². The van der Waals surface area contributed by atoms with E-state index in [-0.39, 0.29) is 10.7 Å². The molecule has 5 nitrogen and oxygen atoms in total. The topological polar surface area (TPSA) is 70.6 Å². The third-order valence-electron chi connectivity index (χ3n) is 4.25. The number of hydrogen-bond acceptors (Lipinski definition) is 3. The molecule has 3 rings (SSSR count). The van der Waals surface area contributed by atoms with Gasteiger partial charge in [0.25, 0.3) is 0 Å². The quantitative estimate of drug-likeness (QED) is 0.347. The molecule has 0 aliphatic rings. The van der Waals surface area contributed by atoms with E-state index in [1.807, 2.05) is 42.5 Å². The summed E-state index contributed by atoms with van der Waals surface area (Å²) in [5.41, 5.74) is 1.97. The molecule has 3 aromatic carbocycles. The fraction of sp³-hybridized carbons (Fsp3) is 0.0952. The lowest BCUT2D eigenvalue weighted by Crippen LogP contribution is -2.33. The Hall–Kier alpha value is -3.39. The zero-order valence-corrected chi connectivity index (χ0v) is 16.3. The Morgan fingerprint density at radius 1 is 0.967 bits per heavy atom. The highest BCUT2D eigenvalue weighted by Crippen LogP contribution is 2.33. The average Bonchev–Trinajstić information content (AvgIpc) is 2.72. The number of anilines is 1. The Balaban J connectivity index is 1.74. The summed E-state index contributed by atoms with van der Waals surface area (Å²) in [6.07, 6.45) is -4.62. The molecular formula is C21H15ClF3N3O2. The molecule has 30 heavy (non-hydrogen) atoms. The van der Waals surface area contributed by atoms with E-state index in [4.69, 9.17) is 11.6 Å². The lowest BCUT2D eigenvalue weighted by Gasteiger charge is -2.11. The number of amides is 2. The van der Waals surface area contributed by atoms with Crippen molar-refractivity contribution in [2.24, 2.45) is 5.10 Å². The third kappa shape index (κ3) is 4.77. The number of nitrogens with one attached hydrogen (secondary N) is 2. The highest BCUT2D eigenvalue weighted by molar-refractivity contribution is 6.41. The summed E-state index contributed by atoms with van der Waals surface area (Å²) in [6, 6.07) is 15.6. The molecule has 0 saturated heterocycles. The van der Waals surface area contributed by atoms with Crippen LogP contribution in [-0.2, 0) is 15.8 Å². The molecule has 0 aliphatic heterocycles. The van der Waals surface area contributed by atoms with Crippen LogP contribution in [0.3, 0.4) is 0 Å². The maximum atomic E-state index is 12.8. The van der Waals surface area contributed by atoms with Crippen molar-refractivity contribution in [1.82, 2.24) is 5.43 Å². The lowest BCUT2D eigenvalue weighted by molar-refractivity contribution is -0.137. The van der Waals surface area contributed by atoms with Gasteiger partial charge in [-0.05, 0) is 35.9 Å². The van der Waals surface area contributed by atoms with Crippen LogP contribution in [0.5, 0.6) is 0 Å². The van der Waals surface area contributed by atoms with Crippen molar-refractivity contribution >= 4 is 45.6 Å². The van der Waals surface area contributed by atoms with Gasteiger partial charge in [0.1, 0.15) is 0 Å². The van der Waals surface area contributed by atoms with Gasteiger partial charge in [0.2, 0.25) is 0 Å². The van der Waals surface area contributed by atoms with E-state index in [1.165, 1.54) is 0 Å². The van der Waals surface area contributed by atoms with Gasteiger partial charge in [-0.15, -0.1) is 0 Å². The van der Waals surface area contributed by atoms with E-state index in [2.05, 4.69) is 15.8 Å². The summed E-state index contributed by atoms with van der Waals surface area (Å²) < 4.78 is 38.5. The van der Waals surface area contributed by atoms with E-state index in [9.17, 15) is 22.8 Å². The molecule has 0 aromatic heterocycles. The first-order chi connectivity index (χ1) is 14.2. The van der Waals surface area contributed by atoms with Crippen molar-refractivity contribution in [2.45, 2.75) is 13.1 Å². The van der Waals surface area contributed by atoms with Gasteiger partial charge in [0.05, 0.1) is 22.0 Å². The van der Waals surface area contributed by atoms with Gasteiger partial charge >= 0.3 is 18.0 Å². The number of fused-ring (bicyclic) bond motifs is 1. The molecule has 2 N–H and O–H groups in total. The maximum absolute atomic E-state index is 12.8. The summed E-state index contributed by atoms with van der Waals surface area (Å²) in [4.78, 5) is 24.1. The van der Waals surface area contributed by atoms with Crippen molar-refractivity contribution in [3.63, 3.8) is 0 Å². The van der Waals surface area contributed by atoms with Crippen molar-refractivity contribution in [1.29, 1.82) is 0 Å². The largest absolute Gasteiger partial charge is 0.416 e. The predicted octanol–water partition coefficient (Wildman–Crippen LogP) is 4.99. The molecule has 2 amide bonds. The van der Waals surface area contributed by atoms with E-state index < -0.39 is 23.6 Å². The Labute approximate surface area is 174 Å². The molecule has 0 saturated carbocycles. The van der Waals surface area contributed by atoms with Crippen LogP contribution in [0.1, 0.15) is 18.1 Å².